The lowest BCUT2D eigenvalue weighted by Gasteiger charge is -2.24. The largest absolute Gasteiger partial charge is 0.327 e. The van der Waals surface area contributed by atoms with Crippen molar-refractivity contribution >= 4 is 64.9 Å². The van der Waals surface area contributed by atoms with E-state index in [4.69, 9.17) is 0 Å². The minimum absolute atomic E-state index is 0. The molecular formula is C107H131N5O. The Balaban J connectivity index is 0.000000179. The zero-order chi connectivity index (χ0) is 82.3. The summed E-state index contributed by atoms with van der Waals surface area (Å²) in [5.74, 6) is 0. The first-order valence-corrected chi connectivity index (χ1v) is 39.8. The summed E-state index contributed by atoms with van der Waals surface area (Å²) in [6.45, 7) is 59.7. The number of benzene rings is 10. The molecule has 0 unspecified atom stereocenters. The molecule has 10 aromatic carbocycles. The lowest BCUT2D eigenvalue weighted by molar-refractivity contribution is 0.386. The van der Waals surface area contributed by atoms with E-state index in [0.29, 0.717) is 0 Å². The summed E-state index contributed by atoms with van der Waals surface area (Å²) >= 11 is 0. The normalized spacial score (nSPS) is 11.6. The SMILES string of the molecule is C.CC(C)(C)c1ccc2ccccc2c1.CC(C)(C)n1ccc2ccccc2c1=O.CC(C)(C)n1ccc2cccnc21.Cc1cc(C(C)(C)C)c(C)c2ccccc12.Cc1cc(C(C)(C)C)cc2ccccc12.Cc1cc(C)cc(C(C)(C)C)c1.Cc1cc2ccccc2cc1C(C)(C)C.c1ccc(-c2ccccn2)nc1. The molecule has 0 amide bonds. The van der Waals surface area contributed by atoms with Gasteiger partial charge < -0.3 is 9.13 Å². The smallest absolute Gasteiger partial charge is 0.258 e. The molecule has 15 aromatic rings. The van der Waals surface area contributed by atoms with Crippen LogP contribution in [0.3, 0.4) is 0 Å². The highest BCUT2D eigenvalue weighted by atomic mass is 16.1. The zero-order valence-electron chi connectivity index (χ0n) is 72.7. The Morgan fingerprint density at radius 1 is 0.265 bits per heavy atom. The average molecular weight is 1500 g/mol. The predicted octanol–water partition coefficient (Wildman–Crippen LogP) is 29.7. The third kappa shape index (κ3) is 25.0. The van der Waals surface area contributed by atoms with E-state index in [-0.39, 0.29) is 51.1 Å². The van der Waals surface area contributed by atoms with Gasteiger partial charge in [0, 0.05) is 52.8 Å². The van der Waals surface area contributed by atoms with Crippen molar-refractivity contribution in [1.29, 1.82) is 0 Å². The van der Waals surface area contributed by atoms with Gasteiger partial charge in [-0.1, -0.05) is 317 Å². The molecule has 0 radical (unpaired) electrons. The highest BCUT2D eigenvalue weighted by Crippen LogP contribution is 2.35. The summed E-state index contributed by atoms with van der Waals surface area (Å²) in [5.41, 5.74) is 19.6. The molecule has 0 saturated heterocycles. The van der Waals surface area contributed by atoms with Crippen LogP contribution in [0.4, 0.5) is 0 Å². The summed E-state index contributed by atoms with van der Waals surface area (Å²) < 4.78 is 3.97. The number of fused-ring (bicyclic) bond motifs is 6. The summed E-state index contributed by atoms with van der Waals surface area (Å²) in [7, 11) is 0. The molecule has 0 aliphatic carbocycles. The van der Waals surface area contributed by atoms with Gasteiger partial charge in [0.15, 0.2) is 0 Å². The Labute approximate surface area is 679 Å². The topological polar surface area (TPSA) is 65.6 Å². The van der Waals surface area contributed by atoms with Gasteiger partial charge in [-0.15, -0.1) is 0 Å². The van der Waals surface area contributed by atoms with Gasteiger partial charge in [-0.25, -0.2) is 4.98 Å². The van der Waals surface area contributed by atoms with E-state index >= 15 is 0 Å². The molecule has 5 heterocycles. The summed E-state index contributed by atoms with van der Waals surface area (Å²) in [6, 6.07) is 86.8. The number of pyridine rings is 4. The molecule has 590 valence electrons. The summed E-state index contributed by atoms with van der Waals surface area (Å²) in [4.78, 5) is 24.9. The fourth-order valence-corrected chi connectivity index (χ4v) is 13.9. The van der Waals surface area contributed by atoms with Crippen molar-refractivity contribution in [3.8, 4) is 11.4 Å². The second kappa shape index (κ2) is 37.8. The molecule has 0 aliphatic rings. The van der Waals surface area contributed by atoms with Crippen molar-refractivity contribution in [2.24, 2.45) is 0 Å². The fourth-order valence-electron chi connectivity index (χ4n) is 13.9. The van der Waals surface area contributed by atoms with Crippen molar-refractivity contribution < 1.29 is 0 Å². The van der Waals surface area contributed by atoms with Crippen LogP contribution in [0.5, 0.6) is 0 Å². The van der Waals surface area contributed by atoms with Crippen LogP contribution < -0.4 is 5.56 Å². The van der Waals surface area contributed by atoms with Gasteiger partial charge in [-0.05, 0) is 263 Å². The Hall–Kier alpha value is -10.6. The molecule has 15 rings (SSSR count). The van der Waals surface area contributed by atoms with Gasteiger partial charge >= 0.3 is 0 Å². The van der Waals surface area contributed by atoms with E-state index in [1.54, 1.807) is 17.0 Å². The van der Waals surface area contributed by atoms with Crippen LogP contribution >= 0.6 is 0 Å². The van der Waals surface area contributed by atoms with Gasteiger partial charge in [0.25, 0.3) is 5.56 Å². The standard InChI is InChI=1S/C16H20.2C15H18.C14H16.C13H15NO.C12H18.C11H14N2.C10H8N2.CH4/c1-11-10-15(16(3,4)5)12(2)14-9-7-6-8-13(11)14;1-11-9-13(15(2,3)4)10-12-7-5-6-8-14(11)12;1-11-9-12-7-5-6-8-13(12)10-14(11)15(2,3)4;1-14(2,3)13-9-8-11-6-4-5-7-12(11)10-13;1-13(2,3)14-9-8-10-6-4-5-7-11(10)12(14)15;1-9-6-10(2)8-11(7-9)12(3,4)5;1-11(2,3)13-8-6-9-5-4-7-12-10(9)13;1-3-7-11-9(5-1)10-6-2-4-8-12-10;/h6-10H,1-5H3;2*5-10H,1-4H3;4-10H,1-3H3;4-9H,1-3H3;6-8H,1-5H3;4-8H,1-3H3;1-8H;1H4. The molecule has 0 N–H and O–H groups in total. The summed E-state index contributed by atoms with van der Waals surface area (Å²) in [6.07, 6.45) is 9.33. The van der Waals surface area contributed by atoms with E-state index in [9.17, 15) is 4.79 Å². The van der Waals surface area contributed by atoms with Gasteiger partial charge in [0.1, 0.15) is 5.65 Å². The number of rotatable bonds is 1. The molecule has 5 aromatic heterocycles. The minimum Gasteiger partial charge on any atom is -0.327 e. The van der Waals surface area contributed by atoms with Crippen LogP contribution in [0.15, 0.2) is 284 Å². The van der Waals surface area contributed by atoms with Crippen LogP contribution in [0.25, 0.3) is 76.3 Å². The Bertz CT molecular complexity index is 5590. The lowest BCUT2D eigenvalue weighted by Crippen LogP contribution is -2.33. The van der Waals surface area contributed by atoms with E-state index in [0.717, 1.165) is 27.8 Å². The van der Waals surface area contributed by atoms with Crippen molar-refractivity contribution in [2.75, 3.05) is 0 Å². The molecule has 0 atom stereocenters. The van der Waals surface area contributed by atoms with Crippen LogP contribution in [-0.4, -0.2) is 24.1 Å². The molecule has 0 spiro atoms. The molecular weight excluding hydrogens is 1370 g/mol. The van der Waals surface area contributed by atoms with E-state index < -0.39 is 0 Å². The second-order valence-corrected chi connectivity index (χ2v) is 37.1. The van der Waals surface area contributed by atoms with Crippen molar-refractivity contribution in [1.82, 2.24) is 24.1 Å². The number of aromatic nitrogens is 5. The van der Waals surface area contributed by atoms with Gasteiger partial charge in [-0.3, -0.25) is 14.8 Å². The van der Waals surface area contributed by atoms with Crippen molar-refractivity contribution in [3.05, 3.63) is 351 Å². The van der Waals surface area contributed by atoms with Crippen LogP contribution in [0.1, 0.15) is 214 Å². The number of hydrogen-bond donors (Lipinski definition) is 0. The highest BCUT2D eigenvalue weighted by Gasteiger charge is 2.22. The molecule has 0 saturated carbocycles. The predicted molar refractivity (Wildman–Crippen MR) is 496 cm³/mol. The summed E-state index contributed by atoms with van der Waals surface area (Å²) in [5, 5.41) is 13.8. The highest BCUT2D eigenvalue weighted by molar-refractivity contribution is 5.90. The fraction of sp³-hybridized carbons (Fsp3) is 0.327. The van der Waals surface area contributed by atoms with Crippen LogP contribution in [0, 0.1) is 41.5 Å². The van der Waals surface area contributed by atoms with E-state index in [2.05, 4.69) is 368 Å². The van der Waals surface area contributed by atoms with Gasteiger partial charge in [-0.2, -0.15) is 0 Å². The van der Waals surface area contributed by atoms with Crippen LogP contribution in [-0.2, 0) is 38.2 Å². The van der Waals surface area contributed by atoms with Crippen LogP contribution in [0.2, 0.25) is 0 Å². The number of aryl methyl sites for hydroxylation is 6. The first kappa shape index (κ1) is 89.6. The molecule has 6 nitrogen and oxygen atoms in total. The number of hydrogen-bond acceptors (Lipinski definition) is 4. The molecule has 0 fully saturated rings. The van der Waals surface area contributed by atoms with Gasteiger partial charge in [0.2, 0.25) is 0 Å². The monoisotopic (exact) mass is 1500 g/mol. The minimum atomic E-state index is -0.166. The quantitative estimate of drug-likeness (QED) is 0.164. The number of nitrogens with zero attached hydrogens (tertiary/aromatic N) is 5. The maximum absolute atomic E-state index is 12.1. The maximum atomic E-state index is 12.1. The molecule has 0 aliphatic heterocycles. The third-order valence-electron chi connectivity index (χ3n) is 20.2. The lowest BCUT2D eigenvalue weighted by atomic mass is 9.81. The van der Waals surface area contributed by atoms with Crippen molar-refractivity contribution in [2.45, 2.75) is 233 Å². The Morgan fingerprint density at radius 3 is 1.17 bits per heavy atom. The third-order valence-corrected chi connectivity index (χ3v) is 20.2. The Kier molecular flexibility index (Phi) is 30.0. The van der Waals surface area contributed by atoms with Crippen molar-refractivity contribution in [3.63, 3.8) is 0 Å². The zero-order valence-corrected chi connectivity index (χ0v) is 72.7. The van der Waals surface area contributed by atoms with E-state index in [1.165, 1.54) is 110 Å². The second-order valence-electron chi connectivity index (χ2n) is 37.1. The average Bonchev–Trinajstić information content (AvgIpc) is 1.43. The van der Waals surface area contributed by atoms with Gasteiger partial charge in [0.05, 0.1) is 11.4 Å². The Morgan fingerprint density at radius 2 is 0.664 bits per heavy atom. The molecule has 0 bridgehead atoms. The first-order chi connectivity index (χ1) is 52.4. The molecule has 113 heavy (non-hydrogen) atoms. The molecule has 6 heteroatoms. The maximum Gasteiger partial charge on any atom is 0.258 e. The first-order valence-electron chi connectivity index (χ1n) is 39.8. The van der Waals surface area contributed by atoms with E-state index in [1.807, 2.05) is 106 Å².